The van der Waals surface area contributed by atoms with E-state index in [1.165, 1.54) is 0 Å². The fourth-order valence-electron chi connectivity index (χ4n) is 3.00. The molecule has 7 nitrogen and oxygen atoms in total. The lowest BCUT2D eigenvalue weighted by atomic mass is 10.2. The molecule has 27 heavy (non-hydrogen) atoms. The van der Waals surface area contributed by atoms with Crippen LogP contribution in [0.15, 0.2) is 23.2 Å². The van der Waals surface area contributed by atoms with E-state index in [9.17, 15) is 0 Å². The van der Waals surface area contributed by atoms with E-state index in [4.69, 9.17) is 14.2 Å². The molecule has 0 spiro atoms. The number of nitrogens with zero attached hydrogens (tertiary/aromatic N) is 2. The van der Waals surface area contributed by atoms with Crippen molar-refractivity contribution in [2.45, 2.75) is 25.8 Å². The monoisotopic (exact) mass is 492 g/mol. The van der Waals surface area contributed by atoms with Crippen molar-refractivity contribution in [3.8, 4) is 11.5 Å². The second-order valence-electron chi connectivity index (χ2n) is 6.20. The van der Waals surface area contributed by atoms with Gasteiger partial charge in [0.1, 0.15) is 11.5 Å². The minimum Gasteiger partial charge on any atom is -0.497 e. The number of ether oxygens (including phenoxy) is 3. The normalized spacial score (nSPS) is 16.7. The largest absolute Gasteiger partial charge is 0.497 e. The summed E-state index contributed by atoms with van der Waals surface area (Å²) in [6.45, 7) is 6.29. The van der Waals surface area contributed by atoms with Gasteiger partial charge in [0.2, 0.25) is 0 Å². The van der Waals surface area contributed by atoms with Gasteiger partial charge in [-0.3, -0.25) is 4.99 Å². The Hall–Kier alpha value is -1.42. The van der Waals surface area contributed by atoms with Gasteiger partial charge in [-0.05, 0) is 19.8 Å². The van der Waals surface area contributed by atoms with Crippen LogP contribution in [-0.2, 0) is 4.74 Å². The molecule has 1 aliphatic heterocycles. The van der Waals surface area contributed by atoms with Crippen molar-refractivity contribution in [2.24, 2.45) is 4.99 Å². The standard InChI is InChI=1S/C19H32N4O3.HI/c1-5-26-10-6-8-21-19(20-2)22-15-7-9-23(14-15)16-11-17(24-3)13-18(12-16)25-4;/h11-13,15H,5-10,14H2,1-4H3,(H2,20,21,22);1H. The second kappa shape index (κ2) is 12.9. The van der Waals surface area contributed by atoms with Crippen LogP contribution < -0.4 is 25.0 Å². The van der Waals surface area contributed by atoms with Crippen molar-refractivity contribution in [1.29, 1.82) is 0 Å². The van der Waals surface area contributed by atoms with Gasteiger partial charge >= 0.3 is 0 Å². The summed E-state index contributed by atoms with van der Waals surface area (Å²) >= 11 is 0. The third kappa shape index (κ3) is 7.61. The molecule has 1 aromatic carbocycles. The number of hydrogen-bond acceptors (Lipinski definition) is 5. The summed E-state index contributed by atoms with van der Waals surface area (Å²) in [4.78, 5) is 6.66. The van der Waals surface area contributed by atoms with E-state index < -0.39 is 0 Å². The Balaban J connectivity index is 0.00000364. The molecule has 1 heterocycles. The van der Waals surface area contributed by atoms with Gasteiger partial charge in [-0.1, -0.05) is 0 Å². The maximum atomic E-state index is 5.38. The van der Waals surface area contributed by atoms with Gasteiger partial charge in [0.25, 0.3) is 0 Å². The van der Waals surface area contributed by atoms with Crippen LogP contribution in [0.1, 0.15) is 19.8 Å². The van der Waals surface area contributed by atoms with Crippen LogP contribution in [0.25, 0.3) is 0 Å². The molecule has 0 amide bonds. The summed E-state index contributed by atoms with van der Waals surface area (Å²) in [5.41, 5.74) is 1.12. The van der Waals surface area contributed by atoms with Gasteiger partial charge in [0, 0.05) is 69.8 Å². The van der Waals surface area contributed by atoms with E-state index in [2.05, 4.69) is 20.5 Å². The minimum absolute atomic E-state index is 0. The lowest BCUT2D eigenvalue weighted by molar-refractivity contribution is 0.145. The highest BCUT2D eigenvalue weighted by Gasteiger charge is 2.24. The zero-order valence-electron chi connectivity index (χ0n) is 16.8. The highest BCUT2D eigenvalue weighted by molar-refractivity contribution is 14.0. The van der Waals surface area contributed by atoms with Crippen molar-refractivity contribution in [1.82, 2.24) is 10.6 Å². The predicted molar refractivity (Wildman–Crippen MR) is 121 cm³/mol. The van der Waals surface area contributed by atoms with E-state index in [1.807, 2.05) is 25.1 Å². The number of benzene rings is 1. The first kappa shape index (κ1) is 23.6. The summed E-state index contributed by atoms with van der Waals surface area (Å²) in [6, 6.07) is 6.34. The van der Waals surface area contributed by atoms with E-state index in [1.54, 1.807) is 21.3 Å². The Morgan fingerprint density at radius 3 is 2.52 bits per heavy atom. The lowest BCUT2D eigenvalue weighted by Crippen LogP contribution is -2.45. The summed E-state index contributed by atoms with van der Waals surface area (Å²) < 4.78 is 16.1. The number of guanidine groups is 1. The molecule has 8 heteroatoms. The molecular formula is C19H33IN4O3. The van der Waals surface area contributed by atoms with Gasteiger partial charge in [-0.15, -0.1) is 24.0 Å². The van der Waals surface area contributed by atoms with E-state index in [-0.39, 0.29) is 24.0 Å². The van der Waals surface area contributed by atoms with E-state index >= 15 is 0 Å². The average molecular weight is 492 g/mol. The van der Waals surface area contributed by atoms with E-state index in [0.29, 0.717) is 6.04 Å². The Labute approximate surface area is 179 Å². The number of methoxy groups -OCH3 is 2. The van der Waals surface area contributed by atoms with Crippen LogP contribution in [0.4, 0.5) is 5.69 Å². The molecule has 1 aliphatic rings. The summed E-state index contributed by atoms with van der Waals surface area (Å²) in [5, 5.41) is 6.85. The quantitative estimate of drug-likeness (QED) is 0.239. The van der Waals surface area contributed by atoms with Crippen LogP contribution >= 0.6 is 24.0 Å². The predicted octanol–water partition coefficient (Wildman–Crippen LogP) is 2.49. The van der Waals surface area contributed by atoms with Gasteiger partial charge < -0.3 is 29.7 Å². The van der Waals surface area contributed by atoms with Crippen molar-refractivity contribution in [3.63, 3.8) is 0 Å². The Morgan fingerprint density at radius 2 is 1.93 bits per heavy atom. The number of anilines is 1. The first-order valence-electron chi connectivity index (χ1n) is 9.23. The van der Waals surface area contributed by atoms with E-state index in [0.717, 1.165) is 68.8 Å². The van der Waals surface area contributed by atoms with Crippen molar-refractivity contribution in [2.75, 3.05) is 59.0 Å². The Bertz CT molecular complexity index is 564. The third-order valence-corrected chi connectivity index (χ3v) is 4.42. The Morgan fingerprint density at radius 1 is 1.22 bits per heavy atom. The number of rotatable bonds is 9. The van der Waals surface area contributed by atoms with Gasteiger partial charge in [0.15, 0.2) is 5.96 Å². The fraction of sp³-hybridized carbons (Fsp3) is 0.632. The number of aliphatic imine (C=N–C) groups is 1. The van der Waals surface area contributed by atoms with Gasteiger partial charge in [-0.25, -0.2) is 0 Å². The molecule has 1 aromatic rings. The Kier molecular flexibility index (Phi) is 11.3. The number of hydrogen-bond donors (Lipinski definition) is 2. The van der Waals surface area contributed by atoms with Gasteiger partial charge in [0.05, 0.1) is 14.2 Å². The lowest BCUT2D eigenvalue weighted by Gasteiger charge is -2.21. The molecule has 0 aliphatic carbocycles. The smallest absolute Gasteiger partial charge is 0.191 e. The zero-order valence-corrected chi connectivity index (χ0v) is 19.1. The van der Waals surface area contributed by atoms with Crippen molar-refractivity contribution >= 4 is 35.6 Å². The summed E-state index contributed by atoms with van der Waals surface area (Å²) in [7, 11) is 5.15. The highest BCUT2D eigenvalue weighted by atomic mass is 127. The molecule has 154 valence electrons. The highest BCUT2D eigenvalue weighted by Crippen LogP contribution is 2.30. The molecule has 0 bridgehead atoms. The molecule has 0 aromatic heterocycles. The van der Waals surface area contributed by atoms with Crippen LogP contribution in [0, 0.1) is 0 Å². The topological polar surface area (TPSA) is 67.4 Å². The fourth-order valence-corrected chi connectivity index (χ4v) is 3.00. The zero-order chi connectivity index (χ0) is 18.8. The van der Waals surface area contributed by atoms with Crippen LogP contribution in [0.3, 0.4) is 0 Å². The molecule has 1 saturated heterocycles. The summed E-state index contributed by atoms with van der Waals surface area (Å²) in [5.74, 6) is 2.46. The SMILES string of the molecule is CCOCCCNC(=NC)NC1CCN(c2cc(OC)cc(OC)c2)C1.I. The molecule has 0 saturated carbocycles. The van der Waals surface area contributed by atoms with Gasteiger partial charge in [-0.2, -0.15) is 0 Å². The number of nitrogens with one attached hydrogen (secondary N) is 2. The maximum absolute atomic E-state index is 5.38. The first-order valence-corrected chi connectivity index (χ1v) is 9.23. The van der Waals surface area contributed by atoms with Crippen molar-refractivity contribution < 1.29 is 14.2 Å². The molecule has 0 radical (unpaired) electrons. The molecule has 1 atom stereocenters. The average Bonchev–Trinajstić information content (AvgIpc) is 3.15. The molecule has 2 N–H and O–H groups in total. The molecule has 1 fully saturated rings. The maximum Gasteiger partial charge on any atom is 0.191 e. The molecule has 1 unspecified atom stereocenters. The van der Waals surface area contributed by atoms with Crippen LogP contribution in [-0.4, -0.2) is 66.1 Å². The first-order chi connectivity index (χ1) is 12.7. The van der Waals surface area contributed by atoms with Crippen LogP contribution in [0.2, 0.25) is 0 Å². The minimum atomic E-state index is 0. The van der Waals surface area contributed by atoms with Crippen LogP contribution in [0.5, 0.6) is 11.5 Å². The molecule has 2 rings (SSSR count). The van der Waals surface area contributed by atoms with Crippen molar-refractivity contribution in [3.05, 3.63) is 18.2 Å². The molecular weight excluding hydrogens is 459 g/mol. The second-order valence-corrected chi connectivity index (χ2v) is 6.20. The number of halogens is 1. The third-order valence-electron chi connectivity index (χ3n) is 4.42. The summed E-state index contributed by atoms with van der Waals surface area (Å²) in [6.07, 6.45) is 2.02.